The minimum Gasteiger partial charge on any atom is -0.548 e. The van der Waals surface area contributed by atoms with Crippen LogP contribution in [0.4, 0.5) is 0 Å². The third kappa shape index (κ3) is 7.92. The van der Waals surface area contributed by atoms with E-state index in [4.69, 9.17) is 0 Å². The van der Waals surface area contributed by atoms with Crippen LogP contribution in [-0.2, 0) is 9.59 Å². The quantitative estimate of drug-likeness (QED) is 0.464. The number of carbonyl (C=O) groups is 2. The van der Waals surface area contributed by atoms with Crippen molar-refractivity contribution < 1.29 is 33.6 Å². The van der Waals surface area contributed by atoms with Crippen molar-refractivity contribution in [3.05, 3.63) is 0 Å². The Balaban J connectivity index is 0. The minimum absolute atomic E-state index is 0. The summed E-state index contributed by atoms with van der Waals surface area (Å²) >= 11 is 0. The Kier molecular flexibility index (Phi) is 9.95. The normalized spacial score (nSPS) is 12.4. The van der Waals surface area contributed by atoms with Crippen LogP contribution in [0.2, 0.25) is 0 Å². The molecule has 0 aliphatic heterocycles. The van der Waals surface area contributed by atoms with Gasteiger partial charge in [-0.1, -0.05) is 27.7 Å². The molecule has 1 N–H and O–H groups in total. The van der Waals surface area contributed by atoms with Gasteiger partial charge in [-0.05, 0) is 11.8 Å². The molecule has 0 aromatic rings. The molecule has 0 aliphatic rings. The summed E-state index contributed by atoms with van der Waals surface area (Å²) in [7, 11) is 0. The monoisotopic (exact) mass is 221 g/mol. The van der Waals surface area contributed by atoms with Crippen molar-refractivity contribution in [3.8, 4) is 0 Å². The second kappa shape index (κ2) is 8.80. The van der Waals surface area contributed by atoms with Crippen molar-refractivity contribution in [1.82, 2.24) is 5.32 Å². The molecule has 0 spiro atoms. The molecule has 4 nitrogen and oxygen atoms in total. The molecule has 16 heavy (non-hydrogen) atoms. The number of carbonyl (C=O) groups excluding carboxylic acids is 2. The maximum Gasteiger partial charge on any atom is 1.00 e. The summed E-state index contributed by atoms with van der Waals surface area (Å²) in [6, 6.07) is -0.749. The number of carboxylic acid groups (broad SMARTS) is 1. The van der Waals surface area contributed by atoms with Gasteiger partial charge in [-0.15, -0.1) is 0 Å². The molecule has 0 aromatic heterocycles. The first-order valence-corrected chi connectivity index (χ1v) is 5.30. The molecular formula is C11H20LiNO3. The topological polar surface area (TPSA) is 69.2 Å². The minimum atomic E-state index is -1.15. The van der Waals surface area contributed by atoms with E-state index in [1.807, 2.05) is 13.8 Å². The average molecular weight is 221 g/mol. The Hall–Kier alpha value is -0.303. The molecule has 0 unspecified atom stereocenters. The fourth-order valence-electron chi connectivity index (χ4n) is 1.34. The molecule has 5 heteroatoms. The smallest absolute Gasteiger partial charge is 0.548 e. The van der Waals surface area contributed by atoms with Gasteiger partial charge in [0.25, 0.3) is 0 Å². The number of aliphatic carboxylic acids is 1. The van der Waals surface area contributed by atoms with Crippen LogP contribution in [0.3, 0.4) is 0 Å². The van der Waals surface area contributed by atoms with Crippen molar-refractivity contribution >= 4 is 11.8 Å². The molecule has 0 radical (unpaired) electrons. The molecule has 0 aromatic carbocycles. The Morgan fingerprint density at radius 3 is 2.00 bits per heavy atom. The van der Waals surface area contributed by atoms with Crippen LogP contribution in [0.1, 0.15) is 34.1 Å². The van der Waals surface area contributed by atoms with Gasteiger partial charge < -0.3 is 15.2 Å². The van der Waals surface area contributed by atoms with Crippen LogP contribution in [0.15, 0.2) is 0 Å². The first kappa shape index (κ1) is 18.1. The fraction of sp³-hybridized carbons (Fsp3) is 0.818. The molecule has 0 saturated heterocycles. The summed E-state index contributed by atoms with van der Waals surface area (Å²) in [6.45, 7) is 7.57. The Morgan fingerprint density at radius 1 is 1.19 bits per heavy atom. The molecule has 0 bridgehead atoms. The first-order valence-electron chi connectivity index (χ1n) is 5.30. The fourth-order valence-corrected chi connectivity index (χ4v) is 1.34. The van der Waals surface area contributed by atoms with Crippen molar-refractivity contribution in [2.45, 2.75) is 40.2 Å². The van der Waals surface area contributed by atoms with Crippen molar-refractivity contribution in [2.75, 3.05) is 6.54 Å². The van der Waals surface area contributed by atoms with E-state index in [2.05, 4.69) is 5.32 Å². The number of ketones is 1. The van der Waals surface area contributed by atoms with Gasteiger partial charge in [0.2, 0.25) is 0 Å². The maximum absolute atomic E-state index is 11.3. The maximum atomic E-state index is 11.3. The van der Waals surface area contributed by atoms with Gasteiger partial charge >= 0.3 is 18.9 Å². The van der Waals surface area contributed by atoms with Crippen molar-refractivity contribution in [2.24, 2.45) is 11.8 Å². The van der Waals surface area contributed by atoms with Gasteiger partial charge in [0.1, 0.15) is 5.78 Å². The third-order valence-electron chi connectivity index (χ3n) is 2.08. The number of carboxylic acids is 1. The summed E-state index contributed by atoms with van der Waals surface area (Å²) in [6.07, 6.45) is 0.477. The number of rotatable bonds is 7. The number of hydrogen-bond acceptors (Lipinski definition) is 4. The van der Waals surface area contributed by atoms with Gasteiger partial charge in [-0.3, -0.25) is 4.79 Å². The zero-order chi connectivity index (χ0) is 12.0. The van der Waals surface area contributed by atoms with Crippen LogP contribution in [-0.4, -0.2) is 24.3 Å². The van der Waals surface area contributed by atoms with E-state index in [-0.39, 0.29) is 37.1 Å². The summed E-state index contributed by atoms with van der Waals surface area (Å²) in [5.41, 5.74) is 0. The van der Waals surface area contributed by atoms with Crippen LogP contribution in [0.5, 0.6) is 0 Å². The van der Waals surface area contributed by atoms with Gasteiger partial charge in [0.05, 0.1) is 12.5 Å². The molecule has 0 heterocycles. The summed E-state index contributed by atoms with van der Waals surface area (Å²) < 4.78 is 0. The molecular weight excluding hydrogens is 201 g/mol. The average Bonchev–Trinajstić information content (AvgIpc) is 2.00. The van der Waals surface area contributed by atoms with Crippen molar-refractivity contribution in [1.29, 1.82) is 0 Å². The van der Waals surface area contributed by atoms with E-state index in [0.29, 0.717) is 12.3 Å². The Bertz CT molecular complexity index is 229. The van der Waals surface area contributed by atoms with E-state index in [1.54, 1.807) is 13.8 Å². The first-order chi connectivity index (χ1) is 6.84. The summed E-state index contributed by atoms with van der Waals surface area (Å²) in [5.74, 6) is -0.888. The molecule has 1 atom stereocenters. The molecule has 0 aliphatic carbocycles. The molecule has 0 saturated carbocycles. The van der Waals surface area contributed by atoms with E-state index < -0.39 is 12.0 Å². The van der Waals surface area contributed by atoms with Gasteiger partial charge in [0.15, 0.2) is 0 Å². The predicted octanol–water partition coefficient (Wildman–Crippen LogP) is -3.03. The van der Waals surface area contributed by atoms with Crippen LogP contribution >= 0.6 is 0 Å². The zero-order valence-corrected chi connectivity index (χ0v) is 10.9. The van der Waals surface area contributed by atoms with E-state index in [1.165, 1.54) is 0 Å². The summed E-state index contributed by atoms with van der Waals surface area (Å²) in [5, 5.41) is 13.4. The number of hydrogen-bond donors (Lipinski definition) is 1. The standard InChI is InChI=1S/C11H21NO3.Li/c1-7(2)5-9(13)6-12-10(8(3)4)11(14)15;/h7-8,10,12H,5-6H2,1-4H3,(H,14,15);/q;+1/p-1/t10-;/m0./s1. The van der Waals surface area contributed by atoms with Crippen LogP contribution < -0.4 is 29.3 Å². The molecule has 0 fully saturated rings. The van der Waals surface area contributed by atoms with Crippen LogP contribution in [0, 0.1) is 11.8 Å². The van der Waals surface area contributed by atoms with E-state index in [0.717, 1.165) is 0 Å². The number of Topliss-reactive ketones (excluding diaryl/α,β-unsaturated/α-hetero) is 1. The Labute approximate surface area is 109 Å². The summed E-state index contributed by atoms with van der Waals surface area (Å²) in [4.78, 5) is 22.0. The van der Waals surface area contributed by atoms with Gasteiger partial charge in [-0.2, -0.15) is 0 Å². The van der Waals surface area contributed by atoms with Gasteiger partial charge in [-0.25, -0.2) is 0 Å². The van der Waals surface area contributed by atoms with Gasteiger partial charge in [0, 0.05) is 12.5 Å². The largest absolute Gasteiger partial charge is 1.00 e. The second-order valence-electron chi connectivity index (χ2n) is 4.56. The Morgan fingerprint density at radius 2 is 1.69 bits per heavy atom. The SMILES string of the molecule is CC(C)CC(=O)CN[C@H](C(=O)[O-])C(C)C.[Li+]. The van der Waals surface area contributed by atoms with Crippen molar-refractivity contribution in [3.63, 3.8) is 0 Å². The zero-order valence-electron chi connectivity index (χ0n) is 10.9. The van der Waals surface area contributed by atoms with E-state index in [9.17, 15) is 14.7 Å². The molecule has 0 amide bonds. The predicted molar refractivity (Wildman–Crippen MR) is 56.1 cm³/mol. The number of nitrogens with one attached hydrogen (secondary N) is 1. The molecule has 88 valence electrons. The third-order valence-corrected chi connectivity index (χ3v) is 2.08. The molecule has 0 rings (SSSR count). The second-order valence-corrected chi connectivity index (χ2v) is 4.56. The van der Waals surface area contributed by atoms with Crippen LogP contribution in [0.25, 0.3) is 0 Å². The van der Waals surface area contributed by atoms with E-state index >= 15 is 0 Å².